The highest BCUT2D eigenvalue weighted by Gasteiger charge is 2.29. The number of fused-ring (bicyclic) bond motifs is 1. The van der Waals surface area contributed by atoms with E-state index in [0.29, 0.717) is 32.0 Å². The molecule has 168 valence electrons. The second-order valence-electron chi connectivity index (χ2n) is 7.68. The van der Waals surface area contributed by atoms with Crippen molar-refractivity contribution in [1.82, 2.24) is 9.21 Å². The summed E-state index contributed by atoms with van der Waals surface area (Å²) in [5, 5.41) is 2.81. The zero-order chi connectivity index (χ0) is 22.7. The van der Waals surface area contributed by atoms with E-state index in [2.05, 4.69) is 5.32 Å². The number of sulfonamides is 1. The number of carbonyl (C=O) groups excluding carboxylic acids is 2. The SMILES string of the molecule is CC(=O)N1C=Cc2ccccc2[C@@H]1CC(=O)Nc1ccc(S(=O)(=O)N2CCOCC2)cc1. The van der Waals surface area contributed by atoms with E-state index >= 15 is 0 Å². The Hall–Kier alpha value is -3.01. The predicted octanol–water partition coefficient (Wildman–Crippen LogP) is 2.61. The first kappa shape index (κ1) is 22.2. The highest BCUT2D eigenvalue weighted by molar-refractivity contribution is 7.89. The fourth-order valence-electron chi connectivity index (χ4n) is 3.95. The maximum atomic E-state index is 12.8. The van der Waals surface area contributed by atoms with Gasteiger partial charge in [0.25, 0.3) is 0 Å². The average Bonchev–Trinajstić information content (AvgIpc) is 2.80. The number of rotatable bonds is 5. The van der Waals surface area contributed by atoms with Crippen molar-refractivity contribution in [3.05, 3.63) is 65.9 Å². The van der Waals surface area contributed by atoms with Gasteiger partial charge in [-0.05, 0) is 41.5 Å². The molecule has 0 radical (unpaired) electrons. The molecular weight excluding hydrogens is 430 g/mol. The molecule has 4 rings (SSSR count). The van der Waals surface area contributed by atoms with E-state index in [1.807, 2.05) is 30.3 Å². The van der Waals surface area contributed by atoms with Gasteiger partial charge in [0.2, 0.25) is 21.8 Å². The Morgan fingerprint density at radius 2 is 1.75 bits per heavy atom. The van der Waals surface area contributed by atoms with Gasteiger partial charge >= 0.3 is 0 Å². The quantitative estimate of drug-likeness (QED) is 0.748. The molecule has 2 aromatic rings. The average molecular weight is 456 g/mol. The van der Waals surface area contributed by atoms with Crippen LogP contribution in [0.4, 0.5) is 5.69 Å². The summed E-state index contributed by atoms with van der Waals surface area (Å²) in [7, 11) is -3.59. The maximum Gasteiger partial charge on any atom is 0.243 e. The molecule has 9 heteroatoms. The molecule has 1 saturated heterocycles. The number of carbonyl (C=O) groups is 2. The Balaban J connectivity index is 1.46. The van der Waals surface area contributed by atoms with Gasteiger partial charge in [0.1, 0.15) is 0 Å². The first-order valence-corrected chi connectivity index (χ1v) is 11.8. The molecule has 1 N–H and O–H groups in total. The summed E-state index contributed by atoms with van der Waals surface area (Å²) in [6.07, 6.45) is 3.64. The van der Waals surface area contributed by atoms with Crippen molar-refractivity contribution in [2.24, 2.45) is 0 Å². The highest BCUT2D eigenvalue weighted by Crippen LogP contribution is 2.33. The van der Waals surface area contributed by atoms with E-state index in [-0.39, 0.29) is 23.1 Å². The standard InChI is InChI=1S/C23H25N3O5S/c1-17(27)26-11-10-18-4-2-3-5-21(18)22(26)16-23(28)24-19-6-8-20(9-7-19)32(29,30)25-12-14-31-15-13-25/h2-11,22H,12-16H2,1H3,(H,24,28)/t22-/m0/s1. The van der Waals surface area contributed by atoms with Crippen molar-refractivity contribution in [2.45, 2.75) is 24.3 Å². The molecule has 0 aliphatic carbocycles. The molecule has 0 spiro atoms. The molecular formula is C23H25N3O5S. The van der Waals surface area contributed by atoms with Gasteiger partial charge in [-0.2, -0.15) is 4.31 Å². The Morgan fingerprint density at radius 3 is 2.44 bits per heavy atom. The largest absolute Gasteiger partial charge is 0.379 e. The topological polar surface area (TPSA) is 96.0 Å². The van der Waals surface area contributed by atoms with Crippen LogP contribution in [-0.4, -0.2) is 55.7 Å². The zero-order valence-electron chi connectivity index (χ0n) is 17.7. The van der Waals surface area contributed by atoms with Crippen LogP contribution in [0.3, 0.4) is 0 Å². The summed E-state index contributed by atoms with van der Waals surface area (Å²) < 4.78 is 32.1. The number of amides is 2. The second-order valence-corrected chi connectivity index (χ2v) is 9.62. The normalized spacial score (nSPS) is 18.8. The van der Waals surface area contributed by atoms with Crippen LogP contribution in [0.5, 0.6) is 0 Å². The lowest BCUT2D eigenvalue weighted by molar-refractivity contribution is -0.129. The fraction of sp³-hybridized carbons (Fsp3) is 0.304. The van der Waals surface area contributed by atoms with Crippen molar-refractivity contribution in [3.8, 4) is 0 Å². The lowest BCUT2D eigenvalue weighted by Gasteiger charge is -2.32. The zero-order valence-corrected chi connectivity index (χ0v) is 18.5. The minimum atomic E-state index is -3.59. The lowest BCUT2D eigenvalue weighted by Crippen LogP contribution is -2.40. The molecule has 32 heavy (non-hydrogen) atoms. The van der Waals surface area contributed by atoms with Gasteiger partial charge in [0, 0.05) is 31.9 Å². The molecule has 0 bridgehead atoms. The predicted molar refractivity (Wildman–Crippen MR) is 120 cm³/mol. The molecule has 0 saturated carbocycles. The molecule has 0 unspecified atom stereocenters. The van der Waals surface area contributed by atoms with Crippen LogP contribution < -0.4 is 5.32 Å². The van der Waals surface area contributed by atoms with Crippen LogP contribution in [0.15, 0.2) is 59.6 Å². The lowest BCUT2D eigenvalue weighted by atomic mass is 9.93. The Kier molecular flexibility index (Phi) is 6.40. The molecule has 0 aromatic heterocycles. The van der Waals surface area contributed by atoms with Crippen molar-refractivity contribution < 1.29 is 22.7 Å². The maximum absolute atomic E-state index is 12.8. The number of ether oxygens (including phenoxy) is 1. The van der Waals surface area contributed by atoms with E-state index < -0.39 is 16.1 Å². The fourth-order valence-corrected chi connectivity index (χ4v) is 5.36. The molecule has 2 heterocycles. The molecule has 2 amide bonds. The molecule has 2 aliphatic rings. The Bertz CT molecular complexity index is 1140. The van der Waals surface area contributed by atoms with Gasteiger partial charge < -0.3 is 15.0 Å². The monoisotopic (exact) mass is 455 g/mol. The number of hydrogen-bond donors (Lipinski definition) is 1. The molecule has 2 aliphatic heterocycles. The molecule has 1 atom stereocenters. The number of nitrogens with zero attached hydrogens (tertiary/aromatic N) is 2. The minimum Gasteiger partial charge on any atom is -0.379 e. The van der Waals surface area contributed by atoms with Gasteiger partial charge in [-0.3, -0.25) is 9.59 Å². The second kappa shape index (κ2) is 9.23. The van der Waals surface area contributed by atoms with Crippen LogP contribution >= 0.6 is 0 Å². The summed E-state index contributed by atoms with van der Waals surface area (Å²) in [5.41, 5.74) is 2.37. The van der Waals surface area contributed by atoms with Gasteiger partial charge in [0.15, 0.2) is 0 Å². The van der Waals surface area contributed by atoms with Gasteiger partial charge in [0.05, 0.1) is 30.6 Å². The van der Waals surface area contributed by atoms with E-state index in [9.17, 15) is 18.0 Å². The van der Waals surface area contributed by atoms with E-state index in [1.165, 1.54) is 23.4 Å². The van der Waals surface area contributed by atoms with E-state index in [4.69, 9.17) is 4.74 Å². The number of morpholine rings is 1. The van der Waals surface area contributed by atoms with Crippen LogP contribution in [0.2, 0.25) is 0 Å². The minimum absolute atomic E-state index is 0.0781. The van der Waals surface area contributed by atoms with Crippen LogP contribution in [0.25, 0.3) is 6.08 Å². The Labute approximate surface area is 187 Å². The van der Waals surface area contributed by atoms with Crippen LogP contribution in [0.1, 0.15) is 30.5 Å². The third-order valence-electron chi connectivity index (χ3n) is 5.59. The van der Waals surface area contributed by atoms with E-state index in [0.717, 1.165) is 11.1 Å². The summed E-state index contributed by atoms with van der Waals surface area (Å²) in [5.74, 6) is -0.415. The van der Waals surface area contributed by atoms with Gasteiger partial charge in [-0.15, -0.1) is 0 Å². The number of nitrogens with one attached hydrogen (secondary N) is 1. The third-order valence-corrected chi connectivity index (χ3v) is 7.51. The van der Waals surface area contributed by atoms with Gasteiger partial charge in [-0.1, -0.05) is 24.3 Å². The Morgan fingerprint density at radius 1 is 1.06 bits per heavy atom. The van der Waals surface area contributed by atoms with E-state index in [1.54, 1.807) is 23.2 Å². The molecule has 8 nitrogen and oxygen atoms in total. The smallest absolute Gasteiger partial charge is 0.243 e. The van der Waals surface area contributed by atoms with Crippen molar-refractivity contribution >= 4 is 33.6 Å². The first-order valence-electron chi connectivity index (χ1n) is 10.4. The third kappa shape index (κ3) is 4.59. The van der Waals surface area contributed by atoms with Crippen molar-refractivity contribution in [3.63, 3.8) is 0 Å². The first-order chi connectivity index (χ1) is 15.4. The van der Waals surface area contributed by atoms with Crippen molar-refractivity contribution in [2.75, 3.05) is 31.6 Å². The molecule has 1 fully saturated rings. The molecule has 2 aromatic carbocycles. The van der Waals surface area contributed by atoms with Crippen molar-refractivity contribution in [1.29, 1.82) is 0 Å². The number of benzene rings is 2. The number of anilines is 1. The summed E-state index contributed by atoms with van der Waals surface area (Å²) in [4.78, 5) is 26.6. The van der Waals surface area contributed by atoms with Crippen LogP contribution in [0, 0.1) is 0 Å². The van der Waals surface area contributed by atoms with Gasteiger partial charge in [-0.25, -0.2) is 8.42 Å². The summed E-state index contributed by atoms with van der Waals surface area (Å²) >= 11 is 0. The summed E-state index contributed by atoms with van der Waals surface area (Å²) in [6, 6.07) is 13.4. The van der Waals surface area contributed by atoms with Crippen LogP contribution in [-0.2, 0) is 24.3 Å². The number of hydrogen-bond acceptors (Lipinski definition) is 5. The highest BCUT2D eigenvalue weighted by atomic mass is 32.2. The summed E-state index contributed by atoms with van der Waals surface area (Å²) in [6.45, 7) is 2.88.